The van der Waals surface area contributed by atoms with Gasteiger partial charge >= 0.3 is 11.9 Å². The number of benzene rings is 1. The average Bonchev–Trinajstić information content (AvgIpc) is 3.52. The van der Waals surface area contributed by atoms with E-state index in [0.717, 1.165) is 31.2 Å². The Morgan fingerprint density at radius 1 is 1.12 bits per heavy atom. The predicted octanol–water partition coefficient (Wildman–Crippen LogP) is 4.94. The van der Waals surface area contributed by atoms with Crippen LogP contribution in [0.1, 0.15) is 64.9 Å². The van der Waals surface area contributed by atoms with Gasteiger partial charge in [-0.3, -0.25) is 4.79 Å². The minimum absolute atomic E-state index is 0.180. The third kappa shape index (κ3) is 3.49. The van der Waals surface area contributed by atoms with Crippen molar-refractivity contribution in [3.8, 4) is 0 Å². The number of carbonyl (C=O) groups is 2. The minimum atomic E-state index is -0.552. The van der Waals surface area contributed by atoms with E-state index < -0.39 is 11.2 Å². The van der Waals surface area contributed by atoms with Crippen molar-refractivity contribution in [3.05, 3.63) is 42.0 Å². The second-order valence-corrected chi connectivity index (χ2v) is 10.4. The molecular weight excluding hydrogens is 404 g/mol. The summed E-state index contributed by atoms with van der Waals surface area (Å²) in [5, 5.41) is 0. The first-order chi connectivity index (χ1) is 15.4. The fraction of sp³-hybridized carbons (Fsp3) is 0.630. The average molecular weight is 439 g/mol. The van der Waals surface area contributed by atoms with E-state index >= 15 is 0 Å². The number of carbonyl (C=O) groups excluding carboxylic acids is 2. The van der Waals surface area contributed by atoms with Gasteiger partial charge in [-0.25, -0.2) is 4.79 Å². The van der Waals surface area contributed by atoms with E-state index in [1.165, 1.54) is 6.08 Å². The zero-order valence-corrected chi connectivity index (χ0v) is 19.3. The number of hydrogen-bond acceptors (Lipinski definition) is 5. The number of hydrogen-bond donors (Lipinski definition) is 0. The van der Waals surface area contributed by atoms with E-state index in [1.54, 1.807) is 6.08 Å². The van der Waals surface area contributed by atoms with Crippen LogP contribution >= 0.6 is 0 Å². The molecule has 32 heavy (non-hydrogen) atoms. The summed E-state index contributed by atoms with van der Waals surface area (Å²) in [7, 11) is 0. The smallest absolute Gasteiger partial charge is 0.331 e. The van der Waals surface area contributed by atoms with Crippen LogP contribution in [-0.4, -0.2) is 35.3 Å². The van der Waals surface area contributed by atoms with Gasteiger partial charge in [0, 0.05) is 24.8 Å². The second-order valence-electron chi connectivity index (χ2n) is 10.4. The summed E-state index contributed by atoms with van der Waals surface area (Å²) >= 11 is 0. The highest BCUT2D eigenvalue weighted by Crippen LogP contribution is 2.66. The lowest BCUT2D eigenvalue weighted by molar-refractivity contribution is -0.259. The van der Waals surface area contributed by atoms with Crippen LogP contribution < -0.4 is 0 Å². The van der Waals surface area contributed by atoms with Gasteiger partial charge in [0.05, 0.1) is 0 Å². The lowest BCUT2D eigenvalue weighted by Crippen LogP contribution is -2.61. The Kier molecular flexibility index (Phi) is 5.43. The van der Waals surface area contributed by atoms with Gasteiger partial charge in [-0.2, -0.15) is 0 Å². The first kappa shape index (κ1) is 21.7. The van der Waals surface area contributed by atoms with Crippen molar-refractivity contribution >= 4 is 18.0 Å². The van der Waals surface area contributed by atoms with Crippen LogP contribution in [0.3, 0.4) is 0 Å². The highest BCUT2D eigenvalue weighted by molar-refractivity contribution is 5.87. The maximum absolute atomic E-state index is 13.0. The summed E-state index contributed by atoms with van der Waals surface area (Å²) in [6, 6.07) is 9.77. The van der Waals surface area contributed by atoms with E-state index in [-0.39, 0.29) is 36.0 Å². The van der Waals surface area contributed by atoms with Crippen molar-refractivity contribution in [3.63, 3.8) is 0 Å². The van der Waals surface area contributed by atoms with Crippen LogP contribution in [0, 0.1) is 23.7 Å². The van der Waals surface area contributed by atoms with E-state index in [4.69, 9.17) is 14.2 Å². The molecule has 0 radical (unpaired) electrons. The van der Waals surface area contributed by atoms with E-state index in [0.29, 0.717) is 24.7 Å². The molecule has 4 fully saturated rings. The van der Waals surface area contributed by atoms with Crippen molar-refractivity contribution in [1.29, 1.82) is 0 Å². The van der Waals surface area contributed by atoms with Gasteiger partial charge in [-0.05, 0) is 62.0 Å². The Bertz CT molecular complexity index is 906. The van der Waals surface area contributed by atoms with Crippen LogP contribution in [0.5, 0.6) is 0 Å². The quantitative estimate of drug-likeness (QED) is 0.465. The lowest BCUT2D eigenvalue weighted by atomic mass is 9.71. The molecule has 2 saturated heterocycles. The molecule has 5 rings (SSSR count). The molecule has 2 aliphatic heterocycles. The summed E-state index contributed by atoms with van der Waals surface area (Å²) in [5.74, 6) is 0.749. The van der Waals surface area contributed by atoms with Crippen LogP contribution in [0.25, 0.3) is 6.08 Å². The fourth-order valence-corrected chi connectivity index (χ4v) is 6.75. The van der Waals surface area contributed by atoms with Crippen LogP contribution in [0.15, 0.2) is 36.4 Å². The molecule has 1 aromatic rings. The molecule has 172 valence electrons. The summed E-state index contributed by atoms with van der Waals surface area (Å²) < 4.78 is 19.1. The minimum Gasteiger partial charge on any atom is -0.459 e. The second kappa shape index (κ2) is 8.02. The maximum Gasteiger partial charge on any atom is 0.331 e. The Balaban J connectivity index is 1.45. The van der Waals surface area contributed by atoms with E-state index in [1.807, 2.05) is 37.3 Å². The van der Waals surface area contributed by atoms with Gasteiger partial charge in [-0.1, -0.05) is 44.2 Å². The molecule has 6 unspecified atom stereocenters. The topological polar surface area (TPSA) is 61.8 Å². The van der Waals surface area contributed by atoms with Crippen molar-refractivity contribution in [2.45, 2.75) is 82.7 Å². The van der Waals surface area contributed by atoms with Gasteiger partial charge < -0.3 is 14.2 Å². The van der Waals surface area contributed by atoms with Crippen molar-refractivity contribution in [2.75, 3.05) is 0 Å². The van der Waals surface area contributed by atoms with Gasteiger partial charge in [-0.15, -0.1) is 0 Å². The number of esters is 2. The SMILES string of the molecule is CCC(=O)OC1CC2(C3CC3)OC1(C)C1CCC(C)C1[C@@H]2OC(=O)/C=C/c1ccccc1. The Morgan fingerprint density at radius 3 is 2.56 bits per heavy atom. The molecule has 2 bridgehead atoms. The Labute approximate surface area is 190 Å². The maximum atomic E-state index is 13.0. The molecule has 0 N–H and O–H groups in total. The zero-order chi connectivity index (χ0) is 22.5. The van der Waals surface area contributed by atoms with Crippen molar-refractivity contribution in [1.82, 2.24) is 0 Å². The monoisotopic (exact) mass is 438 g/mol. The third-order valence-corrected chi connectivity index (χ3v) is 8.46. The van der Waals surface area contributed by atoms with Gasteiger partial charge in [0.2, 0.25) is 0 Å². The summed E-state index contributed by atoms with van der Waals surface area (Å²) in [5.41, 5.74) is -0.0944. The first-order valence-electron chi connectivity index (χ1n) is 12.2. The normalized spacial score (nSPS) is 40.3. The fourth-order valence-electron chi connectivity index (χ4n) is 6.75. The number of rotatable bonds is 6. The van der Waals surface area contributed by atoms with Crippen LogP contribution in [-0.2, 0) is 23.8 Å². The molecule has 2 heterocycles. The third-order valence-electron chi connectivity index (χ3n) is 8.46. The summed E-state index contributed by atoms with van der Waals surface area (Å²) in [6.45, 7) is 6.23. The molecule has 5 nitrogen and oxygen atoms in total. The van der Waals surface area contributed by atoms with E-state index in [9.17, 15) is 9.59 Å². The van der Waals surface area contributed by atoms with Gasteiger partial charge in [0.25, 0.3) is 0 Å². The zero-order valence-electron chi connectivity index (χ0n) is 19.3. The van der Waals surface area contributed by atoms with Crippen molar-refractivity contribution < 1.29 is 23.8 Å². The molecular formula is C27H34O5. The molecule has 2 saturated carbocycles. The molecule has 0 amide bonds. The first-order valence-corrected chi connectivity index (χ1v) is 12.2. The van der Waals surface area contributed by atoms with Gasteiger partial charge in [0.15, 0.2) is 0 Å². The summed E-state index contributed by atoms with van der Waals surface area (Å²) in [6.07, 6.45) is 7.97. The molecule has 1 aromatic carbocycles. The molecule has 0 aromatic heterocycles. The number of fused-ring (bicyclic) bond motifs is 4. The van der Waals surface area contributed by atoms with Crippen LogP contribution in [0.2, 0.25) is 0 Å². The van der Waals surface area contributed by atoms with E-state index in [2.05, 4.69) is 13.8 Å². The highest BCUT2D eigenvalue weighted by atomic mass is 16.6. The Morgan fingerprint density at radius 2 is 1.88 bits per heavy atom. The molecule has 4 aliphatic rings. The molecule has 2 aliphatic carbocycles. The molecule has 0 spiro atoms. The predicted molar refractivity (Wildman–Crippen MR) is 120 cm³/mol. The summed E-state index contributed by atoms with van der Waals surface area (Å²) in [4.78, 5) is 25.2. The molecule has 5 heteroatoms. The largest absolute Gasteiger partial charge is 0.459 e. The number of ether oxygens (including phenoxy) is 3. The highest BCUT2D eigenvalue weighted by Gasteiger charge is 2.74. The molecule has 7 atom stereocenters. The lowest BCUT2D eigenvalue weighted by Gasteiger charge is -2.51. The standard InChI is InChI=1S/C27H34O5/c1-4-22(28)30-21-16-27(19-12-13-19)25(24-17(2)10-14-20(24)26(21,3)32-27)31-23(29)15-11-18-8-6-5-7-9-18/h5-9,11,15,17,19-21,24-25H,4,10,12-14,16H2,1-3H3/b15-11+/t17?,20?,21?,24?,25-,26?,27?/m0/s1. The van der Waals surface area contributed by atoms with Crippen molar-refractivity contribution in [2.24, 2.45) is 23.7 Å². The Hall–Kier alpha value is -2.14. The van der Waals surface area contributed by atoms with Gasteiger partial charge in [0.1, 0.15) is 23.4 Å². The van der Waals surface area contributed by atoms with Crippen LogP contribution in [0.4, 0.5) is 0 Å².